The van der Waals surface area contributed by atoms with Crippen molar-refractivity contribution in [2.45, 2.75) is 84.2 Å². The van der Waals surface area contributed by atoms with Gasteiger partial charge in [-0.15, -0.1) is 0 Å². The van der Waals surface area contributed by atoms with E-state index in [1.54, 1.807) is 27.7 Å². The van der Waals surface area contributed by atoms with Crippen LogP contribution in [0.25, 0.3) is 0 Å². The van der Waals surface area contributed by atoms with Crippen LogP contribution in [0.4, 0.5) is 4.79 Å². The van der Waals surface area contributed by atoms with Gasteiger partial charge in [0.15, 0.2) is 0 Å². The van der Waals surface area contributed by atoms with Crippen molar-refractivity contribution in [1.29, 1.82) is 0 Å². The quantitative estimate of drug-likeness (QED) is 0.261. The first-order chi connectivity index (χ1) is 24.0. The maximum absolute atomic E-state index is 13.7. The minimum absolute atomic E-state index is 0.0694. The lowest BCUT2D eigenvalue weighted by Gasteiger charge is -2.36. The molecule has 1 aliphatic heterocycles. The zero-order chi connectivity index (χ0) is 35.7. The zero-order valence-corrected chi connectivity index (χ0v) is 29.7. The number of hydrogen-bond acceptors (Lipinski definition) is 6. The minimum atomic E-state index is -0.759. The Bertz CT molecular complexity index is 1590. The molecule has 3 N–H and O–H groups in total. The van der Waals surface area contributed by atoms with Gasteiger partial charge >= 0.3 is 6.09 Å². The molecule has 0 aromatic heterocycles. The van der Waals surface area contributed by atoms with Crippen LogP contribution in [0.1, 0.15) is 61.9 Å². The van der Waals surface area contributed by atoms with Gasteiger partial charge in [-0.25, -0.2) is 4.79 Å². The molecule has 1 fully saturated rings. The Morgan fingerprint density at radius 3 is 1.98 bits per heavy atom. The standard InChI is InChI=1S/C40H51N5O5/c1-5-35(46)42-34(38(48)45-21-19-44(20-22-45)27-30-11-7-6-8-12-30)23-28-15-17-29(18-16-28)26-41-37(47)36(43-39(49)50-40(2,3)4)33-24-31-13-9-10-14-32(31)25-33/h6-18,33-34,36H,5,19-27H2,1-4H3,(H,41,47)(H,42,46)(H,43,49)/t34-,36+/m1/s1. The average Bonchev–Trinajstić information content (AvgIpc) is 3.53. The van der Waals surface area contributed by atoms with Gasteiger partial charge in [0.2, 0.25) is 17.7 Å². The van der Waals surface area contributed by atoms with Crippen LogP contribution in [-0.4, -0.2) is 77.5 Å². The highest BCUT2D eigenvalue weighted by Crippen LogP contribution is 2.29. The van der Waals surface area contributed by atoms with Crippen molar-refractivity contribution >= 4 is 23.8 Å². The lowest BCUT2D eigenvalue weighted by Crippen LogP contribution is -2.55. The van der Waals surface area contributed by atoms with Gasteiger partial charge in [-0.2, -0.15) is 0 Å². The molecule has 10 heteroatoms. The van der Waals surface area contributed by atoms with Crippen LogP contribution in [0.3, 0.4) is 0 Å². The number of carbonyl (C=O) groups excluding carboxylic acids is 4. The molecule has 0 saturated carbocycles. The van der Waals surface area contributed by atoms with Gasteiger partial charge < -0.3 is 25.6 Å². The topological polar surface area (TPSA) is 120 Å². The minimum Gasteiger partial charge on any atom is -0.444 e. The second-order valence-electron chi connectivity index (χ2n) is 14.4. The molecule has 0 bridgehead atoms. The Morgan fingerprint density at radius 1 is 0.780 bits per heavy atom. The van der Waals surface area contributed by atoms with Crippen LogP contribution in [0.2, 0.25) is 0 Å². The molecule has 5 rings (SSSR count). The maximum atomic E-state index is 13.7. The maximum Gasteiger partial charge on any atom is 0.408 e. The number of benzene rings is 3. The first-order valence-electron chi connectivity index (χ1n) is 17.7. The molecule has 0 radical (unpaired) electrons. The van der Waals surface area contributed by atoms with Crippen molar-refractivity contribution in [3.63, 3.8) is 0 Å². The fourth-order valence-electron chi connectivity index (χ4n) is 6.67. The lowest BCUT2D eigenvalue weighted by atomic mass is 9.95. The normalized spacial score (nSPS) is 16.2. The molecule has 2 atom stereocenters. The third-order valence-electron chi connectivity index (χ3n) is 9.33. The molecule has 1 heterocycles. The Kier molecular flexibility index (Phi) is 12.3. The van der Waals surface area contributed by atoms with E-state index in [0.29, 0.717) is 38.8 Å². The van der Waals surface area contributed by atoms with E-state index in [1.165, 1.54) is 16.7 Å². The number of ether oxygens (including phenoxy) is 1. The monoisotopic (exact) mass is 681 g/mol. The molecule has 3 aromatic rings. The number of rotatable bonds is 12. The molecule has 0 spiro atoms. The summed E-state index contributed by atoms with van der Waals surface area (Å²) in [6.45, 7) is 11.0. The van der Waals surface area contributed by atoms with Gasteiger partial charge in [0.05, 0.1) is 0 Å². The first kappa shape index (κ1) is 36.6. The van der Waals surface area contributed by atoms with Crippen LogP contribution in [0, 0.1) is 5.92 Å². The van der Waals surface area contributed by atoms with Gasteiger partial charge in [0, 0.05) is 52.1 Å². The smallest absolute Gasteiger partial charge is 0.408 e. The molecular formula is C40H51N5O5. The summed E-state index contributed by atoms with van der Waals surface area (Å²) in [6, 6.07) is 24.7. The van der Waals surface area contributed by atoms with E-state index in [1.807, 2.05) is 59.5 Å². The highest BCUT2D eigenvalue weighted by molar-refractivity contribution is 5.88. The Balaban J connectivity index is 1.17. The van der Waals surface area contributed by atoms with Crippen molar-refractivity contribution < 1.29 is 23.9 Å². The molecule has 1 aliphatic carbocycles. The van der Waals surface area contributed by atoms with Crippen molar-refractivity contribution in [3.05, 3.63) is 107 Å². The molecule has 50 heavy (non-hydrogen) atoms. The summed E-state index contributed by atoms with van der Waals surface area (Å²) in [5.41, 5.74) is 4.73. The number of alkyl carbamates (subject to hydrolysis) is 1. The van der Waals surface area contributed by atoms with Gasteiger partial charge in [0.1, 0.15) is 17.7 Å². The van der Waals surface area contributed by atoms with E-state index < -0.39 is 23.8 Å². The number of carbonyl (C=O) groups is 4. The molecular weight excluding hydrogens is 630 g/mol. The number of fused-ring (bicyclic) bond motifs is 1. The van der Waals surface area contributed by atoms with E-state index >= 15 is 0 Å². The van der Waals surface area contributed by atoms with E-state index in [9.17, 15) is 19.2 Å². The van der Waals surface area contributed by atoms with E-state index in [0.717, 1.165) is 30.8 Å². The largest absolute Gasteiger partial charge is 0.444 e. The van der Waals surface area contributed by atoms with Gasteiger partial charge in [0.25, 0.3) is 0 Å². The second-order valence-corrected chi connectivity index (χ2v) is 14.4. The van der Waals surface area contributed by atoms with Crippen LogP contribution in [0.5, 0.6) is 0 Å². The molecule has 3 aromatic carbocycles. The fourth-order valence-corrected chi connectivity index (χ4v) is 6.67. The third-order valence-corrected chi connectivity index (χ3v) is 9.33. The zero-order valence-electron chi connectivity index (χ0n) is 29.7. The molecule has 0 unspecified atom stereocenters. The Morgan fingerprint density at radius 2 is 1.38 bits per heavy atom. The Labute approximate surface area is 295 Å². The van der Waals surface area contributed by atoms with Crippen LogP contribution >= 0.6 is 0 Å². The van der Waals surface area contributed by atoms with Crippen molar-refractivity contribution in [3.8, 4) is 0 Å². The highest BCUT2D eigenvalue weighted by Gasteiger charge is 2.35. The highest BCUT2D eigenvalue weighted by atomic mass is 16.6. The van der Waals surface area contributed by atoms with Crippen molar-refractivity contribution in [2.24, 2.45) is 5.92 Å². The summed E-state index contributed by atoms with van der Waals surface area (Å²) < 4.78 is 5.49. The van der Waals surface area contributed by atoms with Crippen LogP contribution < -0.4 is 16.0 Å². The van der Waals surface area contributed by atoms with Crippen molar-refractivity contribution in [2.75, 3.05) is 26.2 Å². The number of nitrogens with one attached hydrogen (secondary N) is 3. The van der Waals surface area contributed by atoms with Gasteiger partial charge in [-0.05, 0) is 67.3 Å². The summed E-state index contributed by atoms with van der Waals surface area (Å²) in [7, 11) is 0. The second kappa shape index (κ2) is 16.8. The Hall–Kier alpha value is -4.70. The van der Waals surface area contributed by atoms with Gasteiger partial charge in [-0.1, -0.05) is 85.8 Å². The molecule has 2 aliphatic rings. The predicted molar refractivity (Wildman–Crippen MR) is 193 cm³/mol. The lowest BCUT2D eigenvalue weighted by molar-refractivity contribution is -0.138. The fraction of sp³-hybridized carbons (Fsp3) is 0.450. The molecule has 10 nitrogen and oxygen atoms in total. The number of amides is 4. The first-order valence-corrected chi connectivity index (χ1v) is 17.7. The summed E-state index contributed by atoms with van der Waals surface area (Å²) in [4.78, 5) is 56.6. The number of nitrogens with zero attached hydrogens (tertiary/aromatic N) is 2. The number of piperazine rings is 1. The SMILES string of the molecule is CCC(=O)N[C@H](Cc1ccc(CNC(=O)[C@@H](NC(=O)OC(C)(C)C)C2Cc3ccccc3C2)cc1)C(=O)N1CCN(Cc2ccccc2)CC1. The summed E-state index contributed by atoms with van der Waals surface area (Å²) in [6.07, 6.45) is 1.43. The molecule has 266 valence electrons. The predicted octanol–water partition coefficient (Wildman–Crippen LogP) is 4.39. The molecule has 1 saturated heterocycles. The van der Waals surface area contributed by atoms with Gasteiger partial charge in [-0.3, -0.25) is 19.3 Å². The molecule has 4 amide bonds. The van der Waals surface area contributed by atoms with Crippen LogP contribution in [0.15, 0.2) is 78.9 Å². The summed E-state index contributed by atoms with van der Waals surface area (Å²) in [5, 5.41) is 8.80. The average molecular weight is 682 g/mol. The van der Waals surface area contributed by atoms with Crippen molar-refractivity contribution in [1.82, 2.24) is 25.8 Å². The van der Waals surface area contributed by atoms with E-state index in [-0.39, 0.29) is 30.2 Å². The van der Waals surface area contributed by atoms with E-state index in [2.05, 4.69) is 45.1 Å². The third kappa shape index (κ3) is 10.4. The number of hydrogen-bond donors (Lipinski definition) is 3. The van der Waals surface area contributed by atoms with E-state index in [4.69, 9.17) is 4.74 Å². The van der Waals surface area contributed by atoms with Crippen LogP contribution in [-0.2, 0) is 51.5 Å². The summed E-state index contributed by atoms with van der Waals surface area (Å²) >= 11 is 0. The summed E-state index contributed by atoms with van der Waals surface area (Å²) in [5.74, 6) is -0.595.